The van der Waals surface area contributed by atoms with Crippen molar-refractivity contribution in [1.29, 1.82) is 0 Å². The van der Waals surface area contributed by atoms with E-state index in [-0.39, 0.29) is 5.78 Å². The summed E-state index contributed by atoms with van der Waals surface area (Å²) in [5.41, 5.74) is 6.09. The van der Waals surface area contributed by atoms with Gasteiger partial charge in [0.2, 0.25) is 5.95 Å². The lowest BCUT2D eigenvalue weighted by Crippen LogP contribution is -2.05. The zero-order chi connectivity index (χ0) is 23.6. The van der Waals surface area contributed by atoms with Gasteiger partial charge in [0.15, 0.2) is 5.78 Å². The van der Waals surface area contributed by atoms with Crippen LogP contribution in [0.15, 0.2) is 91.3 Å². The van der Waals surface area contributed by atoms with Crippen molar-refractivity contribution in [3.63, 3.8) is 0 Å². The molecule has 3 N–H and O–H groups in total. The number of carbonyl (C=O) groups excluding carboxylic acids is 1. The van der Waals surface area contributed by atoms with Crippen LogP contribution in [0, 0.1) is 0 Å². The van der Waals surface area contributed by atoms with Crippen molar-refractivity contribution in [2.24, 2.45) is 0 Å². The molecule has 0 unspecified atom stereocenters. The van der Waals surface area contributed by atoms with Gasteiger partial charge in [0.1, 0.15) is 5.82 Å². The number of para-hydroxylation sites is 2. The third-order valence-corrected chi connectivity index (χ3v) is 6.01. The number of anilines is 5. The van der Waals surface area contributed by atoms with Crippen LogP contribution in [0.25, 0.3) is 10.9 Å². The van der Waals surface area contributed by atoms with Crippen LogP contribution in [0.2, 0.25) is 0 Å². The molecule has 0 atom stereocenters. The number of rotatable bonds is 6. The summed E-state index contributed by atoms with van der Waals surface area (Å²) < 4.78 is 0. The standard InChI is InChI=1S/C28H22N6O/c35-27(23-6-3-5-18-12-14-29-26(18)23)19-8-10-21(11-9-19)32-25-13-15-30-28(34-25)33-22-16-20-4-1-2-7-24(20)31-17-22/h1-11,13,15-17,29H,12,14H2,(H2,30,32,33,34). The Bertz CT molecular complexity index is 1550. The average Bonchev–Trinajstić information content (AvgIpc) is 3.38. The van der Waals surface area contributed by atoms with Crippen molar-refractivity contribution < 1.29 is 4.79 Å². The summed E-state index contributed by atoms with van der Waals surface area (Å²) in [6.07, 6.45) is 4.40. The molecule has 170 valence electrons. The Morgan fingerprint density at radius 3 is 2.66 bits per heavy atom. The summed E-state index contributed by atoms with van der Waals surface area (Å²) in [6, 6.07) is 25.1. The van der Waals surface area contributed by atoms with Crippen LogP contribution in [0.4, 0.5) is 28.8 Å². The van der Waals surface area contributed by atoms with Gasteiger partial charge in [0.05, 0.1) is 17.4 Å². The van der Waals surface area contributed by atoms with Crippen LogP contribution < -0.4 is 16.0 Å². The second-order valence-electron chi connectivity index (χ2n) is 8.36. The minimum absolute atomic E-state index is 0.0142. The molecule has 35 heavy (non-hydrogen) atoms. The van der Waals surface area contributed by atoms with Crippen LogP contribution in [-0.4, -0.2) is 27.3 Å². The molecule has 0 amide bonds. The SMILES string of the molecule is O=C(c1ccc(Nc2ccnc(Nc3cnc4ccccc4c3)n2)cc1)c1cccc2c1NCC2. The normalized spacial score (nSPS) is 12.1. The van der Waals surface area contributed by atoms with E-state index in [9.17, 15) is 4.79 Å². The molecular weight excluding hydrogens is 436 g/mol. The van der Waals surface area contributed by atoms with Crippen molar-refractivity contribution >= 4 is 45.5 Å². The van der Waals surface area contributed by atoms with Crippen molar-refractivity contribution in [2.75, 3.05) is 22.5 Å². The van der Waals surface area contributed by atoms with Gasteiger partial charge in [-0.3, -0.25) is 9.78 Å². The first kappa shape index (κ1) is 20.8. The van der Waals surface area contributed by atoms with Gasteiger partial charge >= 0.3 is 0 Å². The maximum absolute atomic E-state index is 13.1. The molecule has 0 bridgehead atoms. The Labute approximate surface area is 202 Å². The molecule has 7 heteroatoms. The number of pyridine rings is 1. The molecule has 0 aliphatic carbocycles. The number of fused-ring (bicyclic) bond motifs is 2. The summed E-state index contributed by atoms with van der Waals surface area (Å²) in [6.45, 7) is 0.871. The second kappa shape index (κ2) is 8.87. The van der Waals surface area contributed by atoms with Crippen LogP contribution in [-0.2, 0) is 6.42 Å². The fourth-order valence-electron chi connectivity index (χ4n) is 4.29. The van der Waals surface area contributed by atoms with Gasteiger partial charge in [-0.25, -0.2) is 4.98 Å². The fraction of sp³-hybridized carbons (Fsp3) is 0.0714. The molecule has 0 radical (unpaired) electrons. The second-order valence-corrected chi connectivity index (χ2v) is 8.36. The van der Waals surface area contributed by atoms with Crippen molar-refractivity contribution in [2.45, 2.75) is 6.42 Å². The summed E-state index contributed by atoms with van der Waals surface area (Å²) >= 11 is 0. The molecule has 3 aromatic carbocycles. The summed E-state index contributed by atoms with van der Waals surface area (Å²) in [7, 11) is 0. The van der Waals surface area contributed by atoms with E-state index in [1.807, 2.05) is 66.7 Å². The molecule has 1 aliphatic rings. The lowest BCUT2D eigenvalue weighted by atomic mass is 9.99. The third kappa shape index (κ3) is 4.27. The molecular formula is C28H22N6O. The minimum Gasteiger partial charge on any atom is -0.384 e. The topological polar surface area (TPSA) is 91.8 Å². The molecule has 2 aromatic heterocycles. The van der Waals surface area contributed by atoms with Gasteiger partial charge in [-0.05, 0) is 60.5 Å². The van der Waals surface area contributed by atoms with E-state index in [2.05, 4.69) is 37.0 Å². The molecule has 5 aromatic rings. The molecule has 3 heterocycles. The Kier molecular flexibility index (Phi) is 5.27. The monoisotopic (exact) mass is 458 g/mol. The Balaban J connectivity index is 1.17. The van der Waals surface area contributed by atoms with Gasteiger partial charge in [-0.15, -0.1) is 0 Å². The number of hydrogen-bond acceptors (Lipinski definition) is 7. The van der Waals surface area contributed by atoms with E-state index in [1.165, 1.54) is 5.56 Å². The number of benzene rings is 3. The van der Waals surface area contributed by atoms with E-state index in [4.69, 9.17) is 0 Å². The summed E-state index contributed by atoms with van der Waals surface area (Å²) in [5.74, 6) is 1.12. The van der Waals surface area contributed by atoms with Gasteiger partial charge < -0.3 is 16.0 Å². The first-order chi connectivity index (χ1) is 17.2. The fourth-order valence-corrected chi connectivity index (χ4v) is 4.29. The lowest BCUT2D eigenvalue weighted by Gasteiger charge is -2.10. The molecule has 0 saturated carbocycles. The minimum atomic E-state index is 0.0142. The average molecular weight is 459 g/mol. The summed E-state index contributed by atoms with van der Waals surface area (Å²) in [4.78, 5) is 26.4. The maximum Gasteiger partial charge on any atom is 0.229 e. The van der Waals surface area contributed by atoms with E-state index in [0.29, 0.717) is 17.3 Å². The molecule has 6 rings (SSSR count). The smallest absolute Gasteiger partial charge is 0.229 e. The first-order valence-corrected chi connectivity index (χ1v) is 11.5. The zero-order valence-corrected chi connectivity index (χ0v) is 18.8. The van der Waals surface area contributed by atoms with Gasteiger partial charge in [0.25, 0.3) is 0 Å². The Morgan fingerprint density at radius 2 is 1.74 bits per heavy atom. The highest BCUT2D eigenvalue weighted by Crippen LogP contribution is 2.29. The number of nitrogens with zero attached hydrogens (tertiary/aromatic N) is 3. The van der Waals surface area contributed by atoms with Crippen LogP contribution in [0.5, 0.6) is 0 Å². The van der Waals surface area contributed by atoms with Crippen molar-refractivity contribution in [3.8, 4) is 0 Å². The van der Waals surface area contributed by atoms with Crippen LogP contribution in [0.3, 0.4) is 0 Å². The van der Waals surface area contributed by atoms with Gasteiger partial charge in [-0.1, -0.05) is 30.3 Å². The van der Waals surface area contributed by atoms with Crippen LogP contribution in [0.1, 0.15) is 21.5 Å². The highest BCUT2D eigenvalue weighted by molar-refractivity contribution is 6.13. The largest absolute Gasteiger partial charge is 0.384 e. The predicted octanol–water partition coefficient (Wildman–Crippen LogP) is 5.71. The maximum atomic E-state index is 13.1. The number of ketones is 1. The molecule has 0 spiro atoms. The first-order valence-electron chi connectivity index (χ1n) is 11.5. The molecule has 1 aliphatic heterocycles. The molecule has 7 nitrogen and oxygen atoms in total. The lowest BCUT2D eigenvalue weighted by molar-refractivity contribution is 0.103. The number of hydrogen-bond donors (Lipinski definition) is 3. The van der Waals surface area contributed by atoms with Gasteiger partial charge in [-0.2, -0.15) is 4.98 Å². The quantitative estimate of drug-likeness (QED) is 0.281. The van der Waals surface area contributed by atoms with E-state index in [0.717, 1.165) is 46.5 Å². The number of aromatic nitrogens is 3. The van der Waals surface area contributed by atoms with Gasteiger partial charge in [0, 0.05) is 40.6 Å². The van der Waals surface area contributed by atoms with E-state index in [1.54, 1.807) is 18.5 Å². The third-order valence-electron chi connectivity index (χ3n) is 6.01. The predicted molar refractivity (Wildman–Crippen MR) is 139 cm³/mol. The molecule has 0 saturated heterocycles. The Morgan fingerprint density at radius 1 is 0.857 bits per heavy atom. The highest BCUT2D eigenvalue weighted by Gasteiger charge is 2.19. The highest BCUT2D eigenvalue weighted by atomic mass is 16.1. The summed E-state index contributed by atoms with van der Waals surface area (Å²) in [5, 5.41) is 10.9. The Hall–Kier alpha value is -4.78. The van der Waals surface area contributed by atoms with E-state index >= 15 is 0 Å². The van der Waals surface area contributed by atoms with Crippen molar-refractivity contribution in [1.82, 2.24) is 15.0 Å². The van der Waals surface area contributed by atoms with Crippen LogP contribution >= 0.6 is 0 Å². The number of carbonyl (C=O) groups is 1. The number of nitrogens with one attached hydrogen (secondary N) is 3. The molecule has 0 fully saturated rings. The van der Waals surface area contributed by atoms with Crippen molar-refractivity contribution in [3.05, 3.63) is 108 Å². The van der Waals surface area contributed by atoms with E-state index < -0.39 is 0 Å². The zero-order valence-electron chi connectivity index (χ0n) is 18.8.